The molecule has 0 radical (unpaired) electrons. The summed E-state index contributed by atoms with van der Waals surface area (Å²) in [5.41, 5.74) is 3.22. The zero-order valence-electron chi connectivity index (χ0n) is 16.1. The van der Waals surface area contributed by atoms with Gasteiger partial charge in [-0.3, -0.25) is 4.98 Å². The quantitative estimate of drug-likeness (QED) is 0.381. The molecule has 0 fully saturated rings. The van der Waals surface area contributed by atoms with Crippen LogP contribution in [0.3, 0.4) is 0 Å². The molecule has 0 bridgehead atoms. The predicted octanol–water partition coefficient (Wildman–Crippen LogP) is 5.86. The van der Waals surface area contributed by atoms with Crippen molar-refractivity contribution >= 4 is 51.2 Å². The number of benzene rings is 2. The molecular formula is C22H19Cl2FN4O. The van der Waals surface area contributed by atoms with E-state index in [1.165, 1.54) is 18.3 Å². The van der Waals surface area contributed by atoms with Gasteiger partial charge in [0.2, 0.25) is 0 Å². The van der Waals surface area contributed by atoms with Gasteiger partial charge in [-0.15, -0.1) is 11.6 Å². The molecule has 0 aliphatic carbocycles. The fourth-order valence-electron chi connectivity index (χ4n) is 3.52. The van der Waals surface area contributed by atoms with Crippen molar-refractivity contribution in [3.63, 3.8) is 0 Å². The molecule has 0 spiro atoms. The summed E-state index contributed by atoms with van der Waals surface area (Å²) in [7, 11) is 0. The van der Waals surface area contributed by atoms with Crippen LogP contribution in [0.4, 0.5) is 21.5 Å². The Balaban J connectivity index is 1.79. The number of nitrogens with zero attached hydrogens (tertiary/aromatic N) is 3. The van der Waals surface area contributed by atoms with E-state index >= 15 is 0 Å². The summed E-state index contributed by atoms with van der Waals surface area (Å²) in [5, 5.41) is 13.6. The Bertz CT molecular complexity index is 1130. The lowest BCUT2D eigenvalue weighted by atomic mass is 10.1. The number of hydrogen-bond acceptors (Lipinski definition) is 5. The molecule has 154 valence electrons. The van der Waals surface area contributed by atoms with Crippen LogP contribution in [0.25, 0.3) is 10.9 Å². The van der Waals surface area contributed by atoms with E-state index in [4.69, 9.17) is 27.9 Å². The SMILES string of the molecule is N#Cc1cnc2cc3c(cc2c1Nc1ccc(F)c(Cl)c1)N(CCCCCl)CCO3. The molecular weight excluding hydrogens is 426 g/mol. The Morgan fingerprint density at radius 2 is 2.13 bits per heavy atom. The van der Waals surface area contributed by atoms with Crippen LogP contribution < -0.4 is 15.0 Å². The van der Waals surface area contributed by atoms with Gasteiger partial charge in [0.05, 0.1) is 34.0 Å². The Kier molecular flexibility index (Phi) is 6.12. The largest absolute Gasteiger partial charge is 0.489 e. The summed E-state index contributed by atoms with van der Waals surface area (Å²) in [6, 6.07) is 10.4. The van der Waals surface area contributed by atoms with Crippen LogP contribution in [0.1, 0.15) is 18.4 Å². The molecule has 8 heteroatoms. The number of anilines is 3. The maximum atomic E-state index is 13.5. The van der Waals surface area contributed by atoms with Gasteiger partial charge in [0, 0.05) is 35.8 Å². The van der Waals surface area contributed by atoms with Gasteiger partial charge in [0.25, 0.3) is 0 Å². The molecule has 30 heavy (non-hydrogen) atoms. The van der Waals surface area contributed by atoms with Crippen LogP contribution in [0, 0.1) is 17.1 Å². The number of halogens is 3. The van der Waals surface area contributed by atoms with Crippen molar-refractivity contribution in [1.29, 1.82) is 5.26 Å². The first-order valence-corrected chi connectivity index (χ1v) is 10.5. The number of fused-ring (bicyclic) bond motifs is 2. The molecule has 5 nitrogen and oxygen atoms in total. The van der Waals surface area contributed by atoms with E-state index in [-0.39, 0.29) is 5.02 Å². The van der Waals surface area contributed by atoms with Crippen LogP contribution in [0.15, 0.2) is 36.5 Å². The van der Waals surface area contributed by atoms with Gasteiger partial charge in [0.1, 0.15) is 24.2 Å². The smallest absolute Gasteiger partial charge is 0.144 e. The van der Waals surface area contributed by atoms with Crippen molar-refractivity contribution in [3.8, 4) is 11.8 Å². The third-order valence-electron chi connectivity index (χ3n) is 5.03. The van der Waals surface area contributed by atoms with Gasteiger partial charge < -0.3 is 15.0 Å². The first-order valence-electron chi connectivity index (χ1n) is 9.63. The highest BCUT2D eigenvalue weighted by Crippen LogP contribution is 2.39. The Labute approximate surface area is 184 Å². The van der Waals surface area contributed by atoms with Crippen molar-refractivity contribution < 1.29 is 9.13 Å². The van der Waals surface area contributed by atoms with Crippen molar-refractivity contribution in [1.82, 2.24) is 4.98 Å². The van der Waals surface area contributed by atoms with Crippen molar-refractivity contribution in [2.75, 3.05) is 35.8 Å². The third kappa shape index (κ3) is 4.09. The molecule has 1 aliphatic rings. The lowest BCUT2D eigenvalue weighted by Gasteiger charge is -2.31. The van der Waals surface area contributed by atoms with Crippen molar-refractivity contribution in [3.05, 3.63) is 52.9 Å². The van der Waals surface area contributed by atoms with Gasteiger partial charge >= 0.3 is 0 Å². The second-order valence-electron chi connectivity index (χ2n) is 6.98. The number of hydrogen-bond donors (Lipinski definition) is 1. The lowest BCUT2D eigenvalue weighted by Crippen LogP contribution is -2.33. The molecule has 2 aromatic carbocycles. The fourth-order valence-corrected chi connectivity index (χ4v) is 3.89. The van der Waals surface area contributed by atoms with Gasteiger partial charge in [-0.1, -0.05) is 11.6 Å². The van der Waals surface area contributed by atoms with Crippen LogP contribution >= 0.6 is 23.2 Å². The zero-order chi connectivity index (χ0) is 21.1. The van der Waals surface area contributed by atoms with Crippen LogP contribution in [-0.4, -0.2) is 30.6 Å². The Morgan fingerprint density at radius 1 is 1.27 bits per heavy atom. The van der Waals surface area contributed by atoms with E-state index < -0.39 is 5.82 Å². The summed E-state index contributed by atoms with van der Waals surface area (Å²) in [5.74, 6) is 0.910. The summed E-state index contributed by atoms with van der Waals surface area (Å²) < 4.78 is 19.4. The first-order chi connectivity index (χ1) is 14.6. The van der Waals surface area contributed by atoms with Gasteiger partial charge in [-0.05, 0) is 37.1 Å². The summed E-state index contributed by atoms with van der Waals surface area (Å²) in [6.45, 7) is 2.26. The number of pyridine rings is 1. The molecule has 0 amide bonds. The molecule has 0 atom stereocenters. The van der Waals surface area contributed by atoms with Gasteiger partial charge in [-0.25, -0.2) is 4.39 Å². The minimum absolute atomic E-state index is 0.00751. The molecule has 1 aromatic heterocycles. The molecule has 0 saturated carbocycles. The Morgan fingerprint density at radius 3 is 2.90 bits per heavy atom. The number of ether oxygens (including phenoxy) is 1. The zero-order valence-corrected chi connectivity index (χ0v) is 17.6. The maximum absolute atomic E-state index is 13.5. The van der Waals surface area contributed by atoms with E-state index in [1.807, 2.05) is 12.1 Å². The minimum Gasteiger partial charge on any atom is -0.489 e. The highest BCUT2D eigenvalue weighted by atomic mass is 35.5. The standard InChI is InChI=1S/C22H19Cl2FN4O/c23-5-1-2-6-29-7-8-30-21-11-19-16(10-20(21)29)22(14(12-26)13-27-19)28-15-3-4-18(25)17(24)9-15/h3-4,9-11,13H,1-2,5-8H2,(H,27,28). The number of unbranched alkanes of at least 4 members (excludes halogenated alkanes) is 1. The van der Waals surface area contributed by atoms with E-state index in [1.54, 1.807) is 6.07 Å². The average Bonchev–Trinajstić information content (AvgIpc) is 2.75. The van der Waals surface area contributed by atoms with Crippen LogP contribution in [-0.2, 0) is 0 Å². The number of nitrogens with one attached hydrogen (secondary N) is 1. The molecule has 1 aliphatic heterocycles. The van der Waals surface area contributed by atoms with E-state index in [9.17, 15) is 9.65 Å². The molecule has 0 unspecified atom stereocenters. The molecule has 1 N–H and O–H groups in total. The van der Waals surface area contributed by atoms with Gasteiger partial charge in [-0.2, -0.15) is 5.26 Å². The highest BCUT2D eigenvalue weighted by Gasteiger charge is 2.21. The average molecular weight is 445 g/mol. The molecule has 2 heterocycles. The normalized spacial score (nSPS) is 12.9. The Hall–Kier alpha value is -2.75. The second kappa shape index (κ2) is 8.95. The summed E-state index contributed by atoms with van der Waals surface area (Å²) >= 11 is 11.7. The summed E-state index contributed by atoms with van der Waals surface area (Å²) in [6.07, 6.45) is 3.44. The van der Waals surface area contributed by atoms with E-state index in [2.05, 4.69) is 21.3 Å². The molecule has 0 saturated heterocycles. The predicted molar refractivity (Wildman–Crippen MR) is 119 cm³/mol. The van der Waals surface area contributed by atoms with Crippen LogP contribution in [0.2, 0.25) is 5.02 Å². The molecule has 4 rings (SSSR count). The third-order valence-corrected chi connectivity index (χ3v) is 5.59. The first kappa shape index (κ1) is 20.5. The van der Waals surface area contributed by atoms with Crippen molar-refractivity contribution in [2.45, 2.75) is 12.8 Å². The fraction of sp³-hybridized carbons (Fsp3) is 0.273. The van der Waals surface area contributed by atoms with Crippen LogP contribution in [0.5, 0.6) is 5.75 Å². The van der Waals surface area contributed by atoms with Crippen molar-refractivity contribution in [2.24, 2.45) is 0 Å². The van der Waals surface area contributed by atoms with Gasteiger partial charge in [0.15, 0.2) is 0 Å². The second-order valence-corrected chi connectivity index (χ2v) is 7.77. The lowest BCUT2D eigenvalue weighted by molar-refractivity contribution is 0.307. The molecule has 3 aromatic rings. The topological polar surface area (TPSA) is 61.2 Å². The highest BCUT2D eigenvalue weighted by molar-refractivity contribution is 6.31. The number of alkyl halides is 1. The van der Waals surface area contributed by atoms with E-state index in [0.29, 0.717) is 34.9 Å². The summed E-state index contributed by atoms with van der Waals surface area (Å²) in [4.78, 5) is 6.70. The minimum atomic E-state index is -0.499. The number of aromatic nitrogens is 1. The maximum Gasteiger partial charge on any atom is 0.144 e. The monoisotopic (exact) mass is 444 g/mol. The number of rotatable bonds is 6. The van der Waals surface area contributed by atoms with E-state index in [0.717, 1.165) is 42.8 Å². The number of nitriles is 1.